The van der Waals surface area contributed by atoms with Crippen molar-refractivity contribution in [2.45, 2.75) is 0 Å². The summed E-state index contributed by atoms with van der Waals surface area (Å²) >= 11 is 6.10. The highest BCUT2D eigenvalue weighted by Gasteiger charge is 2.10. The standard InChI is InChI=1S/C18H10BrI/c19-17-7-3-6-15-13-9-8-11(20)10-16(13)12-4-1-2-5-14(12)18(15)17/h1-10H. The Morgan fingerprint density at radius 3 is 2.10 bits per heavy atom. The molecule has 0 aliphatic carbocycles. The molecule has 0 aliphatic rings. The molecule has 20 heavy (non-hydrogen) atoms. The Hall–Kier alpha value is -1.13. The topological polar surface area (TPSA) is 0 Å². The van der Waals surface area contributed by atoms with Crippen LogP contribution < -0.4 is 0 Å². The molecular weight excluding hydrogens is 423 g/mol. The quantitative estimate of drug-likeness (QED) is 0.219. The van der Waals surface area contributed by atoms with Gasteiger partial charge >= 0.3 is 0 Å². The monoisotopic (exact) mass is 432 g/mol. The molecule has 0 bridgehead atoms. The van der Waals surface area contributed by atoms with Crippen LogP contribution >= 0.6 is 38.5 Å². The molecule has 2 heteroatoms. The second kappa shape index (κ2) is 4.71. The molecule has 4 aromatic carbocycles. The highest BCUT2D eigenvalue weighted by molar-refractivity contribution is 14.1. The van der Waals surface area contributed by atoms with Crippen molar-refractivity contribution in [3.8, 4) is 0 Å². The lowest BCUT2D eigenvalue weighted by Crippen LogP contribution is -1.84. The Morgan fingerprint density at radius 1 is 0.650 bits per heavy atom. The Morgan fingerprint density at radius 2 is 1.30 bits per heavy atom. The maximum Gasteiger partial charge on any atom is 0.0260 e. The van der Waals surface area contributed by atoms with Crippen molar-refractivity contribution in [3.05, 3.63) is 68.7 Å². The summed E-state index contributed by atoms with van der Waals surface area (Å²) in [4.78, 5) is 0. The average Bonchev–Trinajstić information content (AvgIpc) is 2.47. The van der Waals surface area contributed by atoms with Crippen LogP contribution in [0.25, 0.3) is 32.3 Å². The van der Waals surface area contributed by atoms with E-state index >= 15 is 0 Å². The summed E-state index contributed by atoms with van der Waals surface area (Å²) in [6.07, 6.45) is 0. The molecule has 0 spiro atoms. The molecule has 0 atom stereocenters. The van der Waals surface area contributed by atoms with Crippen LogP contribution in [0.1, 0.15) is 0 Å². The third-order valence-corrected chi connectivity index (χ3v) is 5.10. The second-order valence-electron chi connectivity index (χ2n) is 4.90. The number of halogens is 2. The van der Waals surface area contributed by atoms with Crippen molar-refractivity contribution >= 4 is 70.8 Å². The Kier molecular flexibility index (Phi) is 2.97. The van der Waals surface area contributed by atoms with E-state index in [0.29, 0.717) is 0 Å². The van der Waals surface area contributed by atoms with Gasteiger partial charge in [-0.1, -0.05) is 58.4 Å². The van der Waals surface area contributed by atoms with Crippen LogP contribution in [-0.4, -0.2) is 0 Å². The van der Waals surface area contributed by atoms with Gasteiger partial charge in [0.2, 0.25) is 0 Å². The maximum absolute atomic E-state index is 3.72. The highest BCUT2D eigenvalue weighted by atomic mass is 127. The van der Waals surface area contributed by atoms with E-state index in [9.17, 15) is 0 Å². The van der Waals surface area contributed by atoms with Crippen LogP contribution in [0.3, 0.4) is 0 Å². The number of hydrogen-bond acceptors (Lipinski definition) is 0. The fourth-order valence-electron chi connectivity index (χ4n) is 2.93. The summed E-state index contributed by atoms with van der Waals surface area (Å²) in [6, 6.07) is 21.8. The Balaban J connectivity index is 2.44. The molecule has 96 valence electrons. The molecule has 0 saturated carbocycles. The lowest BCUT2D eigenvalue weighted by molar-refractivity contribution is 1.72. The normalized spacial score (nSPS) is 11.5. The van der Waals surface area contributed by atoms with Crippen LogP contribution in [0.2, 0.25) is 0 Å². The van der Waals surface area contributed by atoms with E-state index in [1.165, 1.54) is 35.9 Å². The predicted octanol–water partition coefficient (Wildman–Crippen LogP) is 6.51. The van der Waals surface area contributed by atoms with Crippen molar-refractivity contribution in [2.24, 2.45) is 0 Å². The van der Waals surface area contributed by atoms with Gasteiger partial charge < -0.3 is 0 Å². The zero-order valence-electron chi connectivity index (χ0n) is 10.5. The molecule has 4 aromatic rings. The second-order valence-corrected chi connectivity index (χ2v) is 7.00. The lowest BCUT2D eigenvalue weighted by Gasteiger charge is -2.11. The van der Waals surface area contributed by atoms with E-state index in [1.807, 2.05) is 0 Å². The number of fused-ring (bicyclic) bond motifs is 6. The molecule has 0 radical (unpaired) electrons. The predicted molar refractivity (Wildman–Crippen MR) is 99.4 cm³/mol. The minimum atomic E-state index is 1.16. The first-order chi connectivity index (χ1) is 9.75. The summed E-state index contributed by atoms with van der Waals surface area (Å²) in [5.74, 6) is 0. The summed E-state index contributed by atoms with van der Waals surface area (Å²) in [5, 5.41) is 7.89. The molecule has 0 heterocycles. The van der Waals surface area contributed by atoms with Gasteiger partial charge in [-0.15, -0.1) is 0 Å². The zero-order chi connectivity index (χ0) is 13.7. The molecule has 0 fully saturated rings. The largest absolute Gasteiger partial charge is 0.0616 e. The molecular formula is C18H10BrI. The van der Waals surface area contributed by atoms with Gasteiger partial charge in [0.15, 0.2) is 0 Å². The third-order valence-electron chi connectivity index (χ3n) is 3.77. The van der Waals surface area contributed by atoms with Gasteiger partial charge in [0.1, 0.15) is 0 Å². The van der Waals surface area contributed by atoms with Crippen molar-refractivity contribution in [2.75, 3.05) is 0 Å². The summed E-state index contributed by atoms with van der Waals surface area (Å²) < 4.78 is 2.43. The lowest BCUT2D eigenvalue weighted by atomic mass is 9.94. The van der Waals surface area contributed by atoms with Gasteiger partial charge in [0, 0.05) is 13.4 Å². The Labute approximate surface area is 139 Å². The molecule has 0 unspecified atom stereocenters. The summed E-state index contributed by atoms with van der Waals surface area (Å²) in [7, 11) is 0. The summed E-state index contributed by atoms with van der Waals surface area (Å²) in [6.45, 7) is 0. The van der Waals surface area contributed by atoms with Gasteiger partial charge in [0.05, 0.1) is 0 Å². The molecule has 0 nitrogen and oxygen atoms in total. The molecule has 0 N–H and O–H groups in total. The molecule has 0 aliphatic heterocycles. The van der Waals surface area contributed by atoms with Gasteiger partial charge in [-0.2, -0.15) is 0 Å². The van der Waals surface area contributed by atoms with Crippen molar-refractivity contribution < 1.29 is 0 Å². The first kappa shape index (κ1) is 12.6. The fraction of sp³-hybridized carbons (Fsp3) is 0. The van der Waals surface area contributed by atoms with Crippen molar-refractivity contribution in [1.82, 2.24) is 0 Å². The van der Waals surface area contributed by atoms with Crippen LogP contribution in [-0.2, 0) is 0 Å². The minimum Gasteiger partial charge on any atom is -0.0616 e. The number of benzene rings is 4. The van der Waals surface area contributed by atoms with E-state index in [1.54, 1.807) is 0 Å². The van der Waals surface area contributed by atoms with Gasteiger partial charge in [0.25, 0.3) is 0 Å². The van der Waals surface area contributed by atoms with E-state index in [-0.39, 0.29) is 0 Å². The smallest absolute Gasteiger partial charge is 0.0260 e. The molecule has 0 aromatic heterocycles. The van der Waals surface area contributed by atoms with Gasteiger partial charge in [-0.25, -0.2) is 0 Å². The van der Waals surface area contributed by atoms with Crippen LogP contribution in [0, 0.1) is 3.57 Å². The van der Waals surface area contributed by atoms with Gasteiger partial charge in [-0.05, 0) is 67.7 Å². The zero-order valence-corrected chi connectivity index (χ0v) is 14.3. The minimum absolute atomic E-state index is 1.16. The molecule has 4 rings (SSSR count). The van der Waals surface area contributed by atoms with Gasteiger partial charge in [-0.3, -0.25) is 0 Å². The first-order valence-corrected chi connectivity index (χ1v) is 8.31. The maximum atomic E-state index is 3.72. The highest BCUT2D eigenvalue weighted by Crippen LogP contribution is 2.38. The first-order valence-electron chi connectivity index (χ1n) is 6.44. The van der Waals surface area contributed by atoms with E-state index in [0.717, 1.165) is 4.47 Å². The SMILES string of the molecule is Brc1cccc2c3ccc(I)cc3c3ccccc3c12. The Bertz CT molecular complexity index is 932. The number of rotatable bonds is 0. The van der Waals surface area contributed by atoms with E-state index in [2.05, 4.69) is 99.2 Å². The third kappa shape index (κ3) is 1.78. The molecule has 0 saturated heterocycles. The molecule has 0 amide bonds. The van der Waals surface area contributed by atoms with Crippen molar-refractivity contribution in [1.29, 1.82) is 0 Å². The van der Waals surface area contributed by atoms with E-state index < -0.39 is 0 Å². The fourth-order valence-corrected chi connectivity index (χ4v) is 4.00. The van der Waals surface area contributed by atoms with Crippen LogP contribution in [0.4, 0.5) is 0 Å². The number of hydrogen-bond donors (Lipinski definition) is 0. The van der Waals surface area contributed by atoms with Crippen molar-refractivity contribution in [3.63, 3.8) is 0 Å². The van der Waals surface area contributed by atoms with E-state index in [4.69, 9.17) is 0 Å². The van der Waals surface area contributed by atoms with Crippen LogP contribution in [0.15, 0.2) is 65.1 Å². The summed E-state index contributed by atoms with van der Waals surface area (Å²) in [5.41, 5.74) is 0. The van der Waals surface area contributed by atoms with Crippen LogP contribution in [0.5, 0.6) is 0 Å². The average molecular weight is 433 g/mol.